The van der Waals surface area contributed by atoms with E-state index in [0.29, 0.717) is 5.58 Å². The van der Waals surface area contributed by atoms with Crippen LogP contribution in [0.3, 0.4) is 0 Å². The Morgan fingerprint density at radius 1 is 0.909 bits per heavy atom. The van der Waals surface area contributed by atoms with Gasteiger partial charge in [-0.1, -0.05) is 29.3 Å². The van der Waals surface area contributed by atoms with E-state index in [-0.39, 0.29) is 15.2 Å². The van der Waals surface area contributed by atoms with Crippen molar-refractivity contribution < 1.29 is 12.8 Å². The van der Waals surface area contributed by atoms with Crippen molar-refractivity contribution in [3.05, 3.63) is 70.1 Å². The van der Waals surface area contributed by atoms with Crippen LogP contribution >= 0.6 is 0 Å². The van der Waals surface area contributed by atoms with Crippen LogP contribution in [0.2, 0.25) is 0 Å². The highest BCUT2D eigenvalue weighted by molar-refractivity contribution is 7.91. The second-order valence-corrected chi connectivity index (χ2v) is 7.16. The molecule has 22 heavy (non-hydrogen) atoms. The minimum Gasteiger partial charge on any atom is -0.463 e. The maximum atomic E-state index is 12.6. The van der Waals surface area contributed by atoms with Crippen molar-refractivity contribution in [2.24, 2.45) is 0 Å². The van der Waals surface area contributed by atoms with E-state index in [9.17, 15) is 13.2 Å². The highest BCUT2D eigenvalue weighted by Gasteiger charge is 2.23. The third kappa shape index (κ3) is 2.33. The summed E-state index contributed by atoms with van der Waals surface area (Å²) < 4.78 is 30.6. The summed E-state index contributed by atoms with van der Waals surface area (Å²) in [4.78, 5) is 12.3. The molecule has 0 saturated heterocycles. The number of aryl methyl sites for hydroxylation is 2. The molecule has 0 amide bonds. The first-order valence-electron chi connectivity index (χ1n) is 6.73. The Balaban J connectivity index is 2.27. The summed E-state index contributed by atoms with van der Waals surface area (Å²) in [5.41, 5.74) is 1.65. The average Bonchev–Trinajstić information content (AvgIpc) is 2.48. The van der Waals surface area contributed by atoms with Crippen molar-refractivity contribution in [3.63, 3.8) is 0 Å². The van der Waals surface area contributed by atoms with Crippen molar-refractivity contribution in [2.75, 3.05) is 0 Å². The van der Waals surface area contributed by atoms with Gasteiger partial charge in [-0.3, -0.25) is 4.79 Å². The summed E-state index contributed by atoms with van der Waals surface area (Å²) in [5, 5.41) is 0.271. The molecule has 3 aromatic rings. The van der Waals surface area contributed by atoms with Gasteiger partial charge in [0, 0.05) is 0 Å². The molecule has 2 aromatic carbocycles. The van der Waals surface area contributed by atoms with Gasteiger partial charge in [0.15, 0.2) is 4.90 Å². The zero-order valence-corrected chi connectivity index (χ0v) is 13.0. The molecule has 4 nitrogen and oxygen atoms in total. The molecule has 0 bridgehead atoms. The maximum Gasteiger partial charge on any atom is 0.213 e. The number of rotatable bonds is 2. The van der Waals surface area contributed by atoms with Crippen molar-refractivity contribution in [1.29, 1.82) is 0 Å². The Bertz CT molecular complexity index is 1010. The molecule has 0 N–H and O–H groups in total. The van der Waals surface area contributed by atoms with E-state index in [2.05, 4.69) is 0 Å². The van der Waals surface area contributed by atoms with Crippen LogP contribution in [0, 0.1) is 13.8 Å². The zero-order valence-electron chi connectivity index (χ0n) is 12.2. The van der Waals surface area contributed by atoms with Gasteiger partial charge in [0.1, 0.15) is 11.8 Å². The number of benzene rings is 2. The zero-order chi connectivity index (χ0) is 15.9. The molecule has 1 heterocycles. The van der Waals surface area contributed by atoms with E-state index in [1.54, 1.807) is 30.3 Å². The Labute approximate surface area is 127 Å². The fraction of sp³-hybridized carbons (Fsp3) is 0.118. The van der Waals surface area contributed by atoms with Gasteiger partial charge in [0.05, 0.1) is 10.3 Å². The third-order valence-corrected chi connectivity index (χ3v) is 5.27. The Kier molecular flexibility index (Phi) is 3.37. The van der Waals surface area contributed by atoms with Gasteiger partial charge in [-0.2, -0.15) is 0 Å². The smallest absolute Gasteiger partial charge is 0.213 e. The molecular formula is C17H14O4S. The highest BCUT2D eigenvalue weighted by atomic mass is 32.2. The van der Waals surface area contributed by atoms with Gasteiger partial charge in [0.25, 0.3) is 0 Å². The standard InChI is InChI=1S/C17H14O4S/c1-11-3-6-13(7-4-11)22(19,20)16-10-21-15-8-5-12(2)9-14(15)17(16)18/h3-10H,1-2H3. The topological polar surface area (TPSA) is 64.3 Å². The van der Waals surface area contributed by atoms with Gasteiger partial charge < -0.3 is 4.42 Å². The summed E-state index contributed by atoms with van der Waals surface area (Å²) in [5.74, 6) is 0. The summed E-state index contributed by atoms with van der Waals surface area (Å²) in [6, 6.07) is 11.5. The summed E-state index contributed by atoms with van der Waals surface area (Å²) in [7, 11) is -3.90. The Hall–Kier alpha value is -2.40. The molecule has 3 rings (SSSR count). The lowest BCUT2D eigenvalue weighted by molar-refractivity contribution is 0.566. The van der Waals surface area contributed by atoms with Crippen molar-refractivity contribution in [1.82, 2.24) is 0 Å². The number of sulfone groups is 1. The van der Waals surface area contributed by atoms with Crippen LogP contribution < -0.4 is 5.43 Å². The van der Waals surface area contributed by atoms with Gasteiger partial charge in [-0.15, -0.1) is 0 Å². The Morgan fingerprint density at radius 2 is 1.55 bits per heavy atom. The Morgan fingerprint density at radius 3 is 2.23 bits per heavy atom. The molecule has 5 heteroatoms. The summed E-state index contributed by atoms with van der Waals surface area (Å²) in [6.07, 6.45) is 1.02. The maximum absolute atomic E-state index is 12.6. The number of hydrogen-bond donors (Lipinski definition) is 0. The first-order valence-corrected chi connectivity index (χ1v) is 8.22. The minimum atomic E-state index is -3.90. The van der Waals surface area contributed by atoms with E-state index in [0.717, 1.165) is 17.4 Å². The van der Waals surface area contributed by atoms with Crippen molar-refractivity contribution in [2.45, 2.75) is 23.6 Å². The SMILES string of the molecule is Cc1ccc(S(=O)(=O)c2coc3ccc(C)cc3c2=O)cc1. The molecule has 0 unspecified atom stereocenters. The van der Waals surface area contributed by atoms with E-state index < -0.39 is 15.3 Å². The van der Waals surface area contributed by atoms with Crippen LogP contribution in [0.4, 0.5) is 0 Å². The van der Waals surface area contributed by atoms with E-state index in [1.165, 1.54) is 12.1 Å². The lowest BCUT2D eigenvalue weighted by Crippen LogP contribution is -2.15. The van der Waals surface area contributed by atoms with Gasteiger partial charge in [0.2, 0.25) is 15.3 Å². The fourth-order valence-corrected chi connectivity index (χ4v) is 3.53. The van der Waals surface area contributed by atoms with E-state index in [1.807, 2.05) is 13.8 Å². The predicted octanol–water partition coefficient (Wildman–Crippen LogP) is 3.24. The van der Waals surface area contributed by atoms with Crippen LogP contribution in [0.1, 0.15) is 11.1 Å². The van der Waals surface area contributed by atoms with Crippen LogP contribution in [0.15, 0.2) is 67.7 Å². The molecular weight excluding hydrogens is 300 g/mol. The van der Waals surface area contributed by atoms with Crippen LogP contribution in [0.5, 0.6) is 0 Å². The summed E-state index contributed by atoms with van der Waals surface area (Å²) in [6.45, 7) is 3.70. The lowest BCUT2D eigenvalue weighted by atomic mass is 10.1. The van der Waals surface area contributed by atoms with Crippen molar-refractivity contribution in [3.8, 4) is 0 Å². The van der Waals surface area contributed by atoms with Crippen molar-refractivity contribution >= 4 is 20.8 Å². The highest BCUT2D eigenvalue weighted by Crippen LogP contribution is 2.21. The lowest BCUT2D eigenvalue weighted by Gasteiger charge is -2.05. The quantitative estimate of drug-likeness (QED) is 0.728. The predicted molar refractivity (Wildman–Crippen MR) is 83.9 cm³/mol. The first-order chi connectivity index (χ1) is 10.4. The summed E-state index contributed by atoms with van der Waals surface area (Å²) >= 11 is 0. The largest absolute Gasteiger partial charge is 0.463 e. The van der Waals surface area contributed by atoms with Crippen LogP contribution in [0.25, 0.3) is 11.0 Å². The minimum absolute atomic E-state index is 0.0809. The monoisotopic (exact) mass is 314 g/mol. The van der Waals surface area contributed by atoms with Gasteiger partial charge in [-0.25, -0.2) is 8.42 Å². The van der Waals surface area contributed by atoms with Gasteiger partial charge >= 0.3 is 0 Å². The van der Waals surface area contributed by atoms with Crippen LogP contribution in [-0.4, -0.2) is 8.42 Å². The normalized spacial score (nSPS) is 11.7. The number of hydrogen-bond acceptors (Lipinski definition) is 4. The molecule has 0 aliphatic carbocycles. The second-order valence-electron chi connectivity index (χ2n) is 5.25. The number of fused-ring (bicyclic) bond motifs is 1. The fourth-order valence-electron chi connectivity index (χ4n) is 2.26. The molecule has 0 atom stereocenters. The molecule has 112 valence electrons. The van der Waals surface area contributed by atoms with Crippen LogP contribution in [-0.2, 0) is 9.84 Å². The molecule has 0 aliphatic rings. The molecule has 0 spiro atoms. The molecule has 0 radical (unpaired) electrons. The first kappa shape index (κ1) is 14.5. The molecule has 0 fully saturated rings. The van der Waals surface area contributed by atoms with E-state index >= 15 is 0 Å². The molecule has 0 saturated carbocycles. The van der Waals surface area contributed by atoms with E-state index in [4.69, 9.17) is 4.42 Å². The third-order valence-electron chi connectivity index (χ3n) is 3.52. The second kappa shape index (κ2) is 5.10. The molecule has 1 aromatic heterocycles. The average molecular weight is 314 g/mol. The molecule has 0 aliphatic heterocycles. The van der Waals surface area contributed by atoms with Gasteiger partial charge in [-0.05, 0) is 38.1 Å².